The second-order valence-corrected chi connectivity index (χ2v) is 8.75. The second kappa shape index (κ2) is 6.84. The van der Waals surface area contributed by atoms with Gasteiger partial charge in [0.1, 0.15) is 0 Å². The fourth-order valence-corrected chi connectivity index (χ4v) is 5.85. The van der Waals surface area contributed by atoms with Crippen molar-refractivity contribution in [2.75, 3.05) is 0 Å². The van der Waals surface area contributed by atoms with Gasteiger partial charge in [-0.1, -0.05) is 58.8 Å². The highest BCUT2D eigenvalue weighted by atomic mass is 14.4. The molecule has 3 aliphatic carbocycles. The van der Waals surface area contributed by atoms with Gasteiger partial charge < -0.3 is 0 Å². The van der Waals surface area contributed by atoms with Crippen molar-refractivity contribution in [3.05, 3.63) is 0 Å². The molecule has 0 bridgehead atoms. The Morgan fingerprint density at radius 3 is 1.50 bits per heavy atom. The van der Waals surface area contributed by atoms with Crippen LogP contribution in [-0.4, -0.2) is 0 Å². The molecule has 0 saturated heterocycles. The maximum Gasteiger partial charge on any atom is -0.0409 e. The lowest BCUT2D eigenvalue weighted by atomic mass is 9.88. The van der Waals surface area contributed by atoms with E-state index in [1.54, 1.807) is 57.8 Å². The first-order chi connectivity index (χ1) is 9.72. The van der Waals surface area contributed by atoms with E-state index in [4.69, 9.17) is 0 Å². The molecule has 0 aromatic rings. The molecule has 0 heterocycles. The molecule has 3 rings (SSSR count). The second-order valence-electron chi connectivity index (χ2n) is 8.75. The van der Waals surface area contributed by atoms with Crippen molar-refractivity contribution in [2.45, 2.75) is 90.9 Å². The van der Waals surface area contributed by atoms with Crippen molar-refractivity contribution >= 4 is 0 Å². The fraction of sp³-hybridized carbons (Fsp3) is 1.00. The largest absolute Gasteiger partial charge is 0.0651 e. The zero-order valence-electron chi connectivity index (χ0n) is 13.9. The van der Waals surface area contributed by atoms with E-state index >= 15 is 0 Å². The lowest BCUT2D eigenvalue weighted by Crippen LogP contribution is -2.06. The quantitative estimate of drug-likeness (QED) is 0.541. The van der Waals surface area contributed by atoms with Crippen molar-refractivity contribution in [1.29, 1.82) is 0 Å². The Labute approximate surface area is 127 Å². The molecular weight excluding hydrogens is 240 g/mol. The topological polar surface area (TPSA) is 0 Å². The van der Waals surface area contributed by atoms with Gasteiger partial charge in [-0.2, -0.15) is 0 Å². The van der Waals surface area contributed by atoms with Crippen LogP contribution in [0.5, 0.6) is 0 Å². The Balaban J connectivity index is 1.37. The molecule has 3 saturated carbocycles. The highest BCUT2D eigenvalue weighted by molar-refractivity contribution is 4.84. The molecule has 0 amide bonds. The van der Waals surface area contributed by atoms with Crippen LogP contribution < -0.4 is 0 Å². The Hall–Kier alpha value is 0. The van der Waals surface area contributed by atoms with E-state index in [-0.39, 0.29) is 0 Å². The van der Waals surface area contributed by atoms with Crippen LogP contribution in [0.1, 0.15) is 90.9 Å². The Kier molecular flexibility index (Phi) is 5.10. The molecule has 0 nitrogen and oxygen atoms in total. The van der Waals surface area contributed by atoms with Crippen molar-refractivity contribution in [1.82, 2.24) is 0 Å². The van der Waals surface area contributed by atoms with E-state index in [9.17, 15) is 0 Å². The monoisotopic (exact) mass is 276 g/mol. The van der Waals surface area contributed by atoms with Gasteiger partial charge in [0.2, 0.25) is 0 Å². The molecule has 0 N–H and O–H groups in total. The SMILES string of the molecule is CCC1CC[C@@H](CC2CC[C@@H](CC3CC[C@@H](C)C3)C2)C1. The van der Waals surface area contributed by atoms with Crippen molar-refractivity contribution < 1.29 is 0 Å². The summed E-state index contributed by atoms with van der Waals surface area (Å²) >= 11 is 0. The average molecular weight is 277 g/mol. The summed E-state index contributed by atoms with van der Waals surface area (Å²) in [5.74, 6) is 6.54. The lowest BCUT2D eigenvalue weighted by Gasteiger charge is -2.18. The van der Waals surface area contributed by atoms with Gasteiger partial charge >= 0.3 is 0 Å². The minimum atomic E-state index is 1.03. The Bertz CT molecular complexity index is 294. The summed E-state index contributed by atoms with van der Waals surface area (Å²) in [4.78, 5) is 0. The fourth-order valence-electron chi connectivity index (χ4n) is 5.85. The molecule has 3 fully saturated rings. The third kappa shape index (κ3) is 3.80. The van der Waals surface area contributed by atoms with Crippen LogP contribution in [0.4, 0.5) is 0 Å². The van der Waals surface area contributed by atoms with Gasteiger partial charge in [-0.05, 0) is 67.6 Å². The molecule has 0 aliphatic heterocycles. The van der Waals surface area contributed by atoms with Gasteiger partial charge in [0.05, 0.1) is 0 Å². The van der Waals surface area contributed by atoms with Gasteiger partial charge in [-0.25, -0.2) is 0 Å². The van der Waals surface area contributed by atoms with Crippen molar-refractivity contribution in [3.8, 4) is 0 Å². The minimum Gasteiger partial charge on any atom is -0.0651 e. The van der Waals surface area contributed by atoms with Crippen LogP contribution in [0.3, 0.4) is 0 Å². The Morgan fingerprint density at radius 2 is 1.05 bits per heavy atom. The standard InChI is InChI=1S/C20H36/c1-3-16-6-7-18(11-16)13-20-9-8-19(14-20)12-17-5-4-15(2)10-17/h15-20H,3-14H2,1-2H3/t15-,16?,17?,18-,19+,20?/m1/s1. The third-order valence-electron chi connectivity index (χ3n) is 7.01. The molecule has 6 atom stereocenters. The van der Waals surface area contributed by atoms with Crippen LogP contribution in [-0.2, 0) is 0 Å². The lowest BCUT2D eigenvalue weighted by molar-refractivity contribution is 0.333. The smallest absolute Gasteiger partial charge is 0.0409 e. The first-order valence-electron chi connectivity index (χ1n) is 9.72. The molecule has 20 heavy (non-hydrogen) atoms. The van der Waals surface area contributed by atoms with Crippen LogP contribution in [0, 0.1) is 35.5 Å². The Morgan fingerprint density at radius 1 is 0.600 bits per heavy atom. The van der Waals surface area contributed by atoms with E-state index in [0.717, 1.165) is 35.5 Å². The maximum atomic E-state index is 2.46. The van der Waals surface area contributed by atoms with E-state index in [0.29, 0.717) is 0 Å². The van der Waals surface area contributed by atoms with Crippen molar-refractivity contribution in [3.63, 3.8) is 0 Å². The average Bonchev–Trinajstić information content (AvgIpc) is 3.13. The molecule has 0 radical (unpaired) electrons. The number of rotatable bonds is 5. The van der Waals surface area contributed by atoms with Crippen molar-refractivity contribution in [2.24, 2.45) is 35.5 Å². The van der Waals surface area contributed by atoms with E-state index in [2.05, 4.69) is 13.8 Å². The zero-order valence-corrected chi connectivity index (χ0v) is 13.9. The van der Waals surface area contributed by atoms with Gasteiger partial charge in [0.15, 0.2) is 0 Å². The summed E-state index contributed by atoms with van der Waals surface area (Å²) in [6, 6.07) is 0. The predicted molar refractivity (Wildman–Crippen MR) is 87.7 cm³/mol. The molecule has 0 aromatic carbocycles. The van der Waals surface area contributed by atoms with Crippen LogP contribution >= 0.6 is 0 Å². The summed E-state index contributed by atoms with van der Waals surface area (Å²) in [6.07, 6.45) is 18.6. The first kappa shape index (κ1) is 14.9. The first-order valence-corrected chi connectivity index (χ1v) is 9.72. The molecule has 116 valence electrons. The molecule has 3 aliphatic rings. The molecule has 0 aromatic heterocycles. The molecule has 3 unspecified atom stereocenters. The third-order valence-corrected chi connectivity index (χ3v) is 7.01. The summed E-state index contributed by atoms with van der Waals surface area (Å²) < 4.78 is 0. The van der Waals surface area contributed by atoms with Crippen LogP contribution in [0.25, 0.3) is 0 Å². The minimum absolute atomic E-state index is 1.03. The number of hydrogen-bond acceptors (Lipinski definition) is 0. The van der Waals surface area contributed by atoms with E-state index in [1.807, 2.05) is 0 Å². The zero-order chi connectivity index (χ0) is 13.9. The highest BCUT2D eigenvalue weighted by Gasteiger charge is 2.32. The van der Waals surface area contributed by atoms with Crippen LogP contribution in [0.15, 0.2) is 0 Å². The number of hydrogen-bond donors (Lipinski definition) is 0. The summed E-state index contributed by atoms with van der Waals surface area (Å²) in [5.41, 5.74) is 0. The summed E-state index contributed by atoms with van der Waals surface area (Å²) in [7, 11) is 0. The normalized spacial score (nSPS) is 45.3. The van der Waals surface area contributed by atoms with E-state index < -0.39 is 0 Å². The molecule has 0 spiro atoms. The van der Waals surface area contributed by atoms with Gasteiger partial charge in [0, 0.05) is 0 Å². The molecular formula is C20H36. The van der Waals surface area contributed by atoms with Gasteiger partial charge in [-0.3, -0.25) is 0 Å². The van der Waals surface area contributed by atoms with E-state index in [1.165, 1.54) is 19.3 Å². The summed E-state index contributed by atoms with van der Waals surface area (Å²) in [5, 5.41) is 0. The maximum absolute atomic E-state index is 2.46. The summed E-state index contributed by atoms with van der Waals surface area (Å²) in [6.45, 7) is 4.85. The van der Waals surface area contributed by atoms with Gasteiger partial charge in [-0.15, -0.1) is 0 Å². The molecule has 0 heteroatoms. The van der Waals surface area contributed by atoms with Gasteiger partial charge in [0.25, 0.3) is 0 Å². The predicted octanol–water partition coefficient (Wildman–Crippen LogP) is 6.45. The highest BCUT2D eigenvalue weighted by Crippen LogP contribution is 2.45. The van der Waals surface area contributed by atoms with Crippen LogP contribution in [0.2, 0.25) is 0 Å².